The van der Waals surface area contributed by atoms with Crippen LogP contribution in [-0.4, -0.2) is 6.54 Å². The van der Waals surface area contributed by atoms with Crippen LogP contribution >= 0.6 is 0 Å². The van der Waals surface area contributed by atoms with E-state index in [1.54, 1.807) is 11.1 Å². The van der Waals surface area contributed by atoms with Crippen molar-refractivity contribution in [1.29, 1.82) is 0 Å². The van der Waals surface area contributed by atoms with Gasteiger partial charge in [0.25, 0.3) is 0 Å². The van der Waals surface area contributed by atoms with Crippen LogP contribution in [0.15, 0.2) is 18.2 Å². The highest BCUT2D eigenvalue weighted by molar-refractivity contribution is 5.41. The summed E-state index contributed by atoms with van der Waals surface area (Å²) < 4.78 is 0. The van der Waals surface area contributed by atoms with Gasteiger partial charge in [0.15, 0.2) is 0 Å². The van der Waals surface area contributed by atoms with E-state index in [1.807, 2.05) is 0 Å². The van der Waals surface area contributed by atoms with Gasteiger partial charge in [-0.15, -0.1) is 0 Å². The van der Waals surface area contributed by atoms with Crippen molar-refractivity contribution in [2.24, 2.45) is 5.92 Å². The molecular formula is C15H23N. The van der Waals surface area contributed by atoms with E-state index in [0.29, 0.717) is 6.04 Å². The Labute approximate surface area is 99.3 Å². The Kier molecular flexibility index (Phi) is 3.34. The molecule has 0 aromatic heterocycles. The summed E-state index contributed by atoms with van der Waals surface area (Å²) in [6.07, 6.45) is 1.25. The molecule has 1 heteroatoms. The lowest BCUT2D eigenvalue weighted by Gasteiger charge is -2.21. The van der Waals surface area contributed by atoms with Crippen LogP contribution in [0.5, 0.6) is 0 Å². The summed E-state index contributed by atoms with van der Waals surface area (Å²) in [7, 11) is 0. The molecular weight excluding hydrogens is 194 g/mol. The van der Waals surface area contributed by atoms with Crippen molar-refractivity contribution in [1.82, 2.24) is 5.32 Å². The van der Waals surface area contributed by atoms with E-state index in [2.05, 4.69) is 51.2 Å². The molecule has 1 N–H and O–H groups in total. The van der Waals surface area contributed by atoms with Gasteiger partial charge >= 0.3 is 0 Å². The summed E-state index contributed by atoms with van der Waals surface area (Å²) in [6.45, 7) is 10.1. The SMILES string of the molecule is CCNC1c2cc(C)ccc2C(CC)C1C. The standard InChI is InChI=1S/C15H23N/c1-5-12-11(4)15(16-6-2)14-9-10(3)7-8-13(12)14/h7-9,11-12,15-16H,5-6H2,1-4H3. The average molecular weight is 217 g/mol. The Hall–Kier alpha value is -0.820. The number of aryl methyl sites for hydroxylation is 1. The number of hydrogen-bond acceptors (Lipinski definition) is 1. The zero-order chi connectivity index (χ0) is 11.7. The number of hydrogen-bond donors (Lipinski definition) is 1. The zero-order valence-electron chi connectivity index (χ0n) is 10.9. The first kappa shape index (κ1) is 11.7. The normalized spacial score (nSPS) is 28.1. The Morgan fingerprint density at radius 2 is 1.94 bits per heavy atom. The van der Waals surface area contributed by atoms with Gasteiger partial charge in [-0.2, -0.15) is 0 Å². The monoisotopic (exact) mass is 217 g/mol. The predicted molar refractivity (Wildman–Crippen MR) is 69.8 cm³/mol. The van der Waals surface area contributed by atoms with Gasteiger partial charge in [0, 0.05) is 6.04 Å². The van der Waals surface area contributed by atoms with E-state index in [4.69, 9.17) is 0 Å². The molecule has 1 aromatic carbocycles. The summed E-state index contributed by atoms with van der Waals surface area (Å²) in [5.41, 5.74) is 4.50. The lowest BCUT2D eigenvalue weighted by atomic mass is 9.90. The molecule has 0 fully saturated rings. The number of nitrogens with one attached hydrogen (secondary N) is 1. The zero-order valence-corrected chi connectivity index (χ0v) is 10.9. The third-order valence-corrected chi connectivity index (χ3v) is 4.00. The largest absolute Gasteiger partial charge is 0.310 e. The van der Waals surface area contributed by atoms with Gasteiger partial charge in [0.2, 0.25) is 0 Å². The second-order valence-electron chi connectivity index (χ2n) is 5.04. The van der Waals surface area contributed by atoms with Crippen molar-refractivity contribution in [2.45, 2.75) is 46.1 Å². The maximum atomic E-state index is 3.64. The van der Waals surface area contributed by atoms with E-state index in [1.165, 1.54) is 12.0 Å². The van der Waals surface area contributed by atoms with Crippen LogP contribution in [0.1, 0.15) is 55.8 Å². The van der Waals surface area contributed by atoms with Crippen LogP contribution in [-0.2, 0) is 0 Å². The molecule has 3 unspecified atom stereocenters. The first-order chi connectivity index (χ1) is 7.69. The topological polar surface area (TPSA) is 12.0 Å². The highest BCUT2D eigenvalue weighted by Gasteiger charge is 2.35. The molecule has 0 saturated carbocycles. The number of rotatable bonds is 3. The minimum absolute atomic E-state index is 0.560. The maximum absolute atomic E-state index is 3.64. The van der Waals surface area contributed by atoms with Gasteiger partial charge < -0.3 is 5.32 Å². The van der Waals surface area contributed by atoms with Crippen LogP contribution < -0.4 is 5.32 Å². The Morgan fingerprint density at radius 3 is 2.56 bits per heavy atom. The molecule has 16 heavy (non-hydrogen) atoms. The molecule has 3 atom stereocenters. The van der Waals surface area contributed by atoms with Crippen molar-refractivity contribution in [3.63, 3.8) is 0 Å². The van der Waals surface area contributed by atoms with E-state index in [9.17, 15) is 0 Å². The fourth-order valence-corrected chi connectivity index (χ4v) is 3.21. The first-order valence-corrected chi connectivity index (χ1v) is 6.52. The number of benzene rings is 1. The van der Waals surface area contributed by atoms with Crippen molar-refractivity contribution in [3.8, 4) is 0 Å². The Morgan fingerprint density at radius 1 is 1.19 bits per heavy atom. The predicted octanol–water partition coefficient (Wildman–Crippen LogP) is 3.79. The highest BCUT2D eigenvalue weighted by atomic mass is 14.9. The third-order valence-electron chi connectivity index (χ3n) is 4.00. The van der Waals surface area contributed by atoms with Crippen LogP contribution in [0, 0.1) is 12.8 Å². The minimum atomic E-state index is 0.560. The summed E-state index contributed by atoms with van der Waals surface area (Å²) >= 11 is 0. The number of fused-ring (bicyclic) bond motifs is 1. The quantitative estimate of drug-likeness (QED) is 0.812. The smallest absolute Gasteiger partial charge is 0.0354 e. The molecule has 1 nitrogen and oxygen atoms in total. The summed E-state index contributed by atoms with van der Waals surface area (Å²) in [5.74, 6) is 1.46. The van der Waals surface area contributed by atoms with E-state index in [0.717, 1.165) is 18.4 Å². The van der Waals surface area contributed by atoms with Crippen LogP contribution in [0.3, 0.4) is 0 Å². The molecule has 1 aliphatic rings. The molecule has 1 aliphatic carbocycles. The first-order valence-electron chi connectivity index (χ1n) is 6.52. The van der Waals surface area contributed by atoms with Crippen molar-refractivity contribution in [2.75, 3.05) is 6.54 Å². The molecule has 0 heterocycles. The molecule has 1 aromatic rings. The molecule has 88 valence electrons. The molecule has 0 spiro atoms. The average Bonchev–Trinajstić information content (AvgIpc) is 2.52. The Bertz CT molecular complexity index is 370. The van der Waals surface area contributed by atoms with Gasteiger partial charge in [-0.1, -0.05) is 44.5 Å². The molecule has 0 bridgehead atoms. The summed E-state index contributed by atoms with van der Waals surface area (Å²) in [6, 6.07) is 7.52. The summed E-state index contributed by atoms with van der Waals surface area (Å²) in [4.78, 5) is 0. The molecule has 0 saturated heterocycles. The lowest BCUT2D eigenvalue weighted by molar-refractivity contribution is 0.367. The van der Waals surface area contributed by atoms with Crippen LogP contribution in [0.2, 0.25) is 0 Å². The van der Waals surface area contributed by atoms with E-state index >= 15 is 0 Å². The highest BCUT2D eigenvalue weighted by Crippen LogP contribution is 2.46. The fourth-order valence-electron chi connectivity index (χ4n) is 3.21. The fraction of sp³-hybridized carbons (Fsp3) is 0.600. The molecule has 0 amide bonds. The second-order valence-corrected chi connectivity index (χ2v) is 5.04. The molecule has 0 radical (unpaired) electrons. The van der Waals surface area contributed by atoms with E-state index < -0.39 is 0 Å². The van der Waals surface area contributed by atoms with Crippen molar-refractivity contribution >= 4 is 0 Å². The molecule has 0 aliphatic heterocycles. The second kappa shape index (κ2) is 4.58. The maximum Gasteiger partial charge on any atom is 0.0354 e. The third kappa shape index (κ3) is 1.78. The van der Waals surface area contributed by atoms with Gasteiger partial charge in [0.05, 0.1) is 0 Å². The van der Waals surface area contributed by atoms with Crippen molar-refractivity contribution in [3.05, 3.63) is 34.9 Å². The molecule has 2 rings (SSSR count). The Balaban J connectivity index is 2.42. The van der Waals surface area contributed by atoms with Crippen LogP contribution in [0.4, 0.5) is 0 Å². The van der Waals surface area contributed by atoms with E-state index in [-0.39, 0.29) is 0 Å². The van der Waals surface area contributed by atoms with Crippen LogP contribution in [0.25, 0.3) is 0 Å². The lowest BCUT2D eigenvalue weighted by Crippen LogP contribution is -2.24. The minimum Gasteiger partial charge on any atom is -0.310 e. The van der Waals surface area contributed by atoms with Gasteiger partial charge in [-0.05, 0) is 42.9 Å². The van der Waals surface area contributed by atoms with Gasteiger partial charge in [-0.3, -0.25) is 0 Å². The van der Waals surface area contributed by atoms with Gasteiger partial charge in [0.1, 0.15) is 0 Å². The van der Waals surface area contributed by atoms with Gasteiger partial charge in [-0.25, -0.2) is 0 Å². The summed E-state index contributed by atoms with van der Waals surface area (Å²) in [5, 5.41) is 3.64. The van der Waals surface area contributed by atoms with Crippen molar-refractivity contribution < 1.29 is 0 Å².